The van der Waals surface area contributed by atoms with Gasteiger partial charge in [0.1, 0.15) is 10.9 Å². The second-order valence-electron chi connectivity index (χ2n) is 6.94. The van der Waals surface area contributed by atoms with Crippen LogP contribution in [0.15, 0.2) is 54.6 Å². The minimum atomic E-state index is -0.402. The van der Waals surface area contributed by atoms with Crippen molar-refractivity contribution in [2.45, 2.75) is 37.2 Å². The first-order valence-corrected chi connectivity index (χ1v) is 9.94. The zero-order valence-electron chi connectivity index (χ0n) is 14.8. The Bertz CT molecular complexity index is 822. The molecular formula is C21H22N2O2S. The van der Waals surface area contributed by atoms with Gasteiger partial charge in [0.15, 0.2) is 0 Å². The molecule has 2 aliphatic heterocycles. The molecule has 5 heteroatoms. The van der Waals surface area contributed by atoms with Gasteiger partial charge in [-0.05, 0) is 24.5 Å². The van der Waals surface area contributed by atoms with Crippen molar-refractivity contribution in [3.63, 3.8) is 0 Å². The standard InChI is InChI=1S/C21H22N2O2S/c1-15-7-9-16(10-8-15)13-22-20(25)18-14-26-21(12-11-19(24)23(18)21)17-5-3-2-4-6-17/h2-10,18H,11-14H2,1H3,(H,22,25)/t18-,21-/m0/s1. The van der Waals surface area contributed by atoms with Gasteiger partial charge < -0.3 is 10.2 Å². The van der Waals surface area contributed by atoms with Crippen LogP contribution in [0.4, 0.5) is 0 Å². The van der Waals surface area contributed by atoms with E-state index in [1.165, 1.54) is 5.56 Å². The van der Waals surface area contributed by atoms with Crippen LogP contribution in [0.1, 0.15) is 29.5 Å². The molecule has 0 bridgehead atoms. The van der Waals surface area contributed by atoms with Crippen LogP contribution in [0.25, 0.3) is 0 Å². The van der Waals surface area contributed by atoms with Crippen LogP contribution in [0, 0.1) is 6.92 Å². The second-order valence-corrected chi connectivity index (χ2v) is 8.24. The number of nitrogens with zero attached hydrogens (tertiary/aromatic N) is 1. The average molecular weight is 366 g/mol. The van der Waals surface area contributed by atoms with E-state index in [0.717, 1.165) is 17.5 Å². The Kier molecular flexibility index (Phi) is 4.49. The predicted octanol–water partition coefficient (Wildman–Crippen LogP) is 3.20. The molecule has 4 rings (SSSR count). The number of benzene rings is 2. The number of carbonyl (C=O) groups excluding carboxylic acids is 2. The number of carbonyl (C=O) groups is 2. The van der Waals surface area contributed by atoms with Crippen molar-refractivity contribution < 1.29 is 9.59 Å². The number of amides is 2. The maximum absolute atomic E-state index is 12.8. The molecule has 26 heavy (non-hydrogen) atoms. The van der Waals surface area contributed by atoms with E-state index in [2.05, 4.69) is 17.4 Å². The Morgan fingerprint density at radius 2 is 1.92 bits per heavy atom. The zero-order chi connectivity index (χ0) is 18.1. The Balaban J connectivity index is 1.51. The third-order valence-electron chi connectivity index (χ3n) is 5.24. The summed E-state index contributed by atoms with van der Waals surface area (Å²) in [6.45, 7) is 2.53. The second kappa shape index (κ2) is 6.80. The lowest BCUT2D eigenvalue weighted by atomic mass is 10.0. The Hall–Kier alpha value is -2.27. The van der Waals surface area contributed by atoms with E-state index in [1.807, 2.05) is 54.3 Å². The molecule has 0 unspecified atom stereocenters. The molecule has 2 fully saturated rings. The fourth-order valence-electron chi connectivity index (χ4n) is 3.85. The summed E-state index contributed by atoms with van der Waals surface area (Å²) < 4.78 is 0. The molecule has 0 saturated carbocycles. The molecule has 2 saturated heterocycles. The highest BCUT2D eigenvalue weighted by atomic mass is 32.2. The van der Waals surface area contributed by atoms with Gasteiger partial charge in [0, 0.05) is 18.7 Å². The van der Waals surface area contributed by atoms with Crippen LogP contribution in [-0.4, -0.2) is 28.5 Å². The first-order valence-electron chi connectivity index (χ1n) is 8.95. The van der Waals surface area contributed by atoms with E-state index < -0.39 is 6.04 Å². The van der Waals surface area contributed by atoms with E-state index in [-0.39, 0.29) is 16.7 Å². The minimum Gasteiger partial charge on any atom is -0.350 e. The quantitative estimate of drug-likeness (QED) is 0.904. The largest absolute Gasteiger partial charge is 0.350 e. The molecule has 2 aliphatic rings. The van der Waals surface area contributed by atoms with E-state index in [4.69, 9.17) is 0 Å². The van der Waals surface area contributed by atoms with E-state index >= 15 is 0 Å². The number of rotatable bonds is 4. The molecule has 2 aromatic carbocycles. The van der Waals surface area contributed by atoms with Crippen molar-refractivity contribution in [2.24, 2.45) is 0 Å². The SMILES string of the molecule is Cc1ccc(CNC(=O)[C@@H]2CS[C@]3(c4ccccc4)CCC(=O)N23)cc1. The molecule has 0 aromatic heterocycles. The summed E-state index contributed by atoms with van der Waals surface area (Å²) in [6, 6.07) is 17.8. The van der Waals surface area contributed by atoms with E-state index in [0.29, 0.717) is 18.7 Å². The minimum absolute atomic E-state index is 0.0638. The number of hydrogen-bond donors (Lipinski definition) is 1. The number of nitrogens with one attached hydrogen (secondary N) is 1. The van der Waals surface area contributed by atoms with Gasteiger partial charge in [-0.1, -0.05) is 60.2 Å². The summed E-state index contributed by atoms with van der Waals surface area (Å²) in [6.07, 6.45) is 1.27. The van der Waals surface area contributed by atoms with Gasteiger partial charge in [-0.3, -0.25) is 9.59 Å². The maximum atomic E-state index is 12.8. The van der Waals surface area contributed by atoms with E-state index in [1.54, 1.807) is 11.8 Å². The summed E-state index contributed by atoms with van der Waals surface area (Å²) in [5.74, 6) is 0.654. The molecule has 1 N–H and O–H groups in total. The molecular weight excluding hydrogens is 344 g/mol. The average Bonchev–Trinajstić information content (AvgIpc) is 3.21. The van der Waals surface area contributed by atoms with Crippen molar-refractivity contribution in [3.05, 3.63) is 71.3 Å². The summed E-state index contributed by atoms with van der Waals surface area (Å²) in [5, 5.41) is 3.02. The van der Waals surface area contributed by atoms with Crippen molar-refractivity contribution in [2.75, 3.05) is 5.75 Å². The normalized spacial score (nSPS) is 24.6. The van der Waals surface area contributed by atoms with Gasteiger partial charge in [-0.2, -0.15) is 0 Å². The van der Waals surface area contributed by atoms with Crippen LogP contribution in [-0.2, 0) is 21.0 Å². The first-order chi connectivity index (χ1) is 12.6. The number of hydrogen-bond acceptors (Lipinski definition) is 3. The van der Waals surface area contributed by atoms with Crippen LogP contribution >= 0.6 is 11.8 Å². The predicted molar refractivity (Wildman–Crippen MR) is 103 cm³/mol. The molecule has 2 atom stereocenters. The van der Waals surface area contributed by atoms with Gasteiger partial charge >= 0.3 is 0 Å². The third-order valence-corrected chi connectivity index (χ3v) is 6.84. The molecule has 2 amide bonds. The number of thioether (sulfide) groups is 1. The lowest BCUT2D eigenvalue weighted by Gasteiger charge is -2.34. The smallest absolute Gasteiger partial charge is 0.244 e. The Morgan fingerprint density at radius 1 is 1.19 bits per heavy atom. The van der Waals surface area contributed by atoms with Gasteiger partial charge in [-0.25, -0.2) is 0 Å². The van der Waals surface area contributed by atoms with Gasteiger partial charge in [0.05, 0.1) is 0 Å². The molecule has 4 nitrogen and oxygen atoms in total. The van der Waals surface area contributed by atoms with Crippen LogP contribution in [0.3, 0.4) is 0 Å². The number of fused-ring (bicyclic) bond motifs is 1. The molecule has 0 radical (unpaired) electrons. The summed E-state index contributed by atoms with van der Waals surface area (Å²) >= 11 is 1.72. The number of aryl methyl sites for hydroxylation is 1. The summed E-state index contributed by atoms with van der Waals surface area (Å²) in [5.41, 5.74) is 3.38. The first kappa shape index (κ1) is 17.2. The van der Waals surface area contributed by atoms with E-state index in [9.17, 15) is 9.59 Å². The fraction of sp³-hybridized carbons (Fsp3) is 0.333. The van der Waals surface area contributed by atoms with Gasteiger partial charge in [-0.15, -0.1) is 11.8 Å². The van der Waals surface area contributed by atoms with Gasteiger partial charge in [0.2, 0.25) is 11.8 Å². The highest BCUT2D eigenvalue weighted by Gasteiger charge is 2.56. The fourth-order valence-corrected chi connectivity index (χ4v) is 5.50. The van der Waals surface area contributed by atoms with Crippen molar-refractivity contribution in [1.82, 2.24) is 10.2 Å². The summed E-state index contributed by atoms with van der Waals surface area (Å²) in [4.78, 5) is 26.9. The Labute approximate surface area is 158 Å². The lowest BCUT2D eigenvalue weighted by Crippen LogP contribution is -2.49. The molecule has 0 aliphatic carbocycles. The van der Waals surface area contributed by atoms with Gasteiger partial charge in [0.25, 0.3) is 0 Å². The van der Waals surface area contributed by atoms with Crippen LogP contribution < -0.4 is 5.32 Å². The van der Waals surface area contributed by atoms with Crippen molar-refractivity contribution >= 4 is 23.6 Å². The topological polar surface area (TPSA) is 49.4 Å². The highest BCUT2D eigenvalue weighted by molar-refractivity contribution is 8.00. The maximum Gasteiger partial charge on any atom is 0.244 e. The zero-order valence-corrected chi connectivity index (χ0v) is 15.6. The molecule has 2 aromatic rings. The molecule has 2 heterocycles. The molecule has 0 spiro atoms. The van der Waals surface area contributed by atoms with Crippen LogP contribution in [0.2, 0.25) is 0 Å². The summed E-state index contributed by atoms with van der Waals surface area (Å²) in [7, 11) is 0. The Morgan fingerprint density at radius 3 is 2.65 bits per heavy atom. The lowest BCUT2D eigenvalue weighted by molar-refractivity contribution is -0.138. The van der Waals surface area contributed by atoms with Crippen molar-refractivity contribution in [1.29, 1.82) is 0 Å². The highest BCUT2D eigenvalue weighted by Crippen LogP contribution is 2.54. The third kappa shape index (κ3) is 2.90. The van der Waals surface area contributed by atoms with Crippen molar-refractivity contribution in [3.8, 4) is 0 Å². The van der Waals surface area contributed by atoms with Crippen LogP contribution in [0.5, 0.6) is 0 Å². The molecule has 134 valence electrons. The monoisotopic (exact) mass is 366 g/mol.